The lowest BCUT2D eigenvalue weighted by molar-refractivity contribution is -0.159. The van der Waals surface area contributed by atoms with E-state index in [1.54, 1.807) is 60.7 Å². The highest BCUT2D eigenvalue weighted by Gasteiger charge is 2.57. The molecule has 19 heteroatoms. The fraction of sp³-hybridized carbons (Fsp3) is 0.123. The van der Waals surface area contributed by atoms with Crippen LogP contribution in [0.5, 0.6) is 0 Å². The Morgan fingerprint density at radius 3 is 1.45 bits per heavy atom. The third-order valence-corrected chi connectivity index (χ3v) is 16.7. The van der Waals surface area contributed by atoms with Crippen molar-refractivity contribution in [3.05, 3.63) is 309 Å². The molecular formula is C65H49ClF3N5O8S2. The summed E-state index contributed by atoms with van der Waals surface area (Å²) in [5.74, 6) is -4.39. The molecule has 0 spiro atoms. The second-order valence-corrected chi connectivity index (χ2v) is 22.7. The molecule has 2 atom stereocenters. The molecule has 13 nitrogen and oxygen atoms in total. The molecule has 8 aromatic carbocycles. The van der Waals surface area contributed by atoms with Gasteiger partial charge in [0.25, 0.3) is 11.8 Å². The first-order valence-corrected chi connectivity index (χ1v) is 29.0. The monoisotopic (exact) mass is 1180 g/mol. The maximum absolute atomic E-state index is 15.5. The molecule has 1 saturated heterocycles. The standard InChI is InChI=1S/C65H49ClF3N5O8S2/c66-58-54(71-62(83-58)72-63(45-29-13-3-14-30-45,46-31-15-4-16-32-46)47-33-17-5-18-34-47)55(73-82-64(48-35-19-6-20-36-48,49-37-21-7-22-38-49)50-39-23-8-24-40-50)59(75)70-53-51-41-42-52(81-84(78,79)65(67,68)69)56(74(51)60(53)76)61(77)80-57(43-25-9-1-10-26-43)44-27-11-2-12-28-44/h1-40,51,53,57H,41-42H2,(H,70,75)(H,71,72)/b73-55+/t51-,53+/m1/s1. The van der Waals surface area contributed by atoms with Gasteiger partial charge in [0.15, 0.2) is 28.4 Å². The van der Waals surface area contributed by atoms with E-state index in [-0.39, 0.29) is 21.6 Å². The molecule has 2 aliphatic heterocycles. The topological polar surface area (TPSA) is 166 Å². The highest BCUT2D eigenvalue weighted by Crippen LogP contribution is 2.45. The van der Waals surface area contributed by atoms with Crippen LogP contribution in [-0.4, -0.2) is 59.4 Å². The van der Waals surface area contributed by atoms with Gasteiger partial charge in [-0.15, -0.1) is 0 Å². The van der Waals surface area contributed by atoms with Crippen LogP contribution in [0.3, 0.4) is 0 Å². The number of carbonyl (C=O) groups excluding carboxylic acids is 3. The normalized spacial score (nSPS) is 15.6. The zero-order valence-corrected chi connectivity index (χ0v) is 46.6. The van der Waals surface area contributed by atoms with Crippen LogP contribution in [0.25, 0.3) is 0 Å². The summed E-state index contributed by atoms with van der Waals surface area (Å²) in [6.45, 7) is 0. The second-order valence-electron chi connectivity index (χ2n) is 19.6. The number of ether oxygens (including phenoxy) is 1. The van der Waals surface area contributed by atoms with E-state index in [1.165, 1.54) is 0 Å². The molecule has 0 aliphatic carbocycles. The number of allylic oxidation sites excluding steroid dienone is 1. The van der Waals surface area contributed by atoms with Crippen LogP contribution < -0.4 is 10.6 Å². The van der Waals surface area contributed by atoms with Crippen molar-refractivity contribution in [2.24, 2.45) is 5.16 Å². The SMILES string of the molecule is O=C(OC(c1ccccc1)c1ccccc1)C1=C(OS(=O)(=O)C(F)(F)F)CC[C@@H]2[C@H](NC(=O)/C(=N/OC(c3ccccc3)(c3ccccc3)c3ccccc3)c3nc(NC(c4ccccc4)(c4ccccc4)c4ccccc4)sc3Cl)C(=O)N12. The highest BCUT2D eigenvalue weighted by molar-refractivity contribution is 7.87. The van der Waals surface area contributed by atoms with Gasteiger partial charge < -0.3 is 24.4 Å². The Bertz CT molecular complexity index is 3750. The molecule has 9 aromatic rings. The lowest BCUT2D eigenvalue weighted by atomic mass is 9.77. The summed E-state index contributed by atoms with van der Waals surface area (Å²) >= 11 is 8.30. The van der Waals surface area contributed by atoms with Crippen molar-refractivity contribution in [3.63, 3.8) is 0 Å². The van der Waals surface area contributed by atoms with E-state index in [4.69, 9.17) is 31.3 Å². The number of aromatic nitrogens is 1. The number of halogens is 4. The smallest absolute Gasteiger partial charge is 0.448 e. The van der Waals surface area contributed by atoms with E-state index in [1.807, 2.05) is 182 Å². The second kappa shape index (κ2) is 23.9. The van der Waals surface area contributed by atoms with Crippen LogP contribution in [-0.2, 0) is 49.4 Å². The van der Waals surface area contributed by atoms with Gasteiger partial charge in [0.2, 0.25) is 5.60 Å². The maximum atomic E-state index is 15.5. The van der Waals surface area contributed by atoms with Crippen LogP contribution in [0.15, 0.2) is 259 Å². The summed E-state index contributed by atoms with van der Waals surface area (Å²) in [4.78, 5) is 57.6. The van der Waals surface area contributed by atoms with Crippen LogP contribution >= 0.6 is 22.9 Å². The largest absolute Gasteiger partial charge is 0.534 e. The minimum atomic E-state index is -6.37. The number of hydrogen-bond donors (Lipinski definition) is 2. The third kappa shape index (κ3) is 10.9. The summed E-state index contributed by atoms with van der Waals surface area (Å²) in [7, 11) is -6.37. The van der Waals surface area contributed by atoms with E-state index in [2.05, 4.69) is 14.8 Å². The summed E-state index contributed by atoms with van der Waals surface area (Å²) in [5.41, 5.74) is -4.88. The molecule has 0 radical (unpaired) electrons. The predicted molar refractivity (Wildman–Crippen MR) is 312 cm³/mol. The maximum Gasteiger partial charge on any atom is 0.534 e. The molecule has 422 valence electrons. The molecule has 84 heavy (non-hydrogen) atoms. The number of fused-ring (bicyclic) bond motifs is 1. The summed E-state index contributed by atoms with van der Waals surface area (Å²) in [6, 6.07) is 70.9. The Kier molecular flexibility index (Phi) is 16.0. The fourth-order valence-electron chi connectivity index (χ4n) is 10.7. The molecule has 3 heterocycles. The van der Waals surface area contributed by atoms with Gasteiger partial charge in [-0.25, -0.2) is 9.78 Å². The lowest BCUT2D eigenvalue weighted by Crippen LogP contribution is -2.72. The van der Waals surface area contributed by atoms with Gasteiger partial charge in [0.05, 0.1) is 6.04 Å². The first kappa shape index (κ1) is 56.5. The van der Waals surface area contributed by atoms with Crippen molar-refractivity contribution < 1.29 is 49.7 Å². The molecule has 2 amide bonds. The molecule has 0 bridgehead atoms. The number of thiazole rings is 1. The number of hydrogen-bond acceptors (Lipinski definition) is 12. The van der Waals surface area contributed by atoms with E-state index in [0.29, 0.717) is 27.8 Å². The molecule has 2 aliphatic rings. The van der Waals surface area contributed by atoms with Crippen LogP contribution in [0, 0.1) is 0 Å². The number of rotatable bonds is 19. The van der Waals surface area contributed by atoms with Crippen LogP contribution in [0.1, 0.15) is 69.1 Å². The molecule has 0 unspecified atom stereocenters. The fourth-order valence-corrected chi connectivity index (χ4v) is 12.3. The number of esters is 1. The number of anilines is 1. The minimum absolute atomic E-state index is 0.0194. The average molecular weight is 1180 g/mol. The van der Waals surface area contributed by atoms with Crippen molar-refractivity contribution in [3.8, 4) is 0 Å². The Labute approximate surface area is 490 Å². The van der Waals surface area contributed by atoms with Gasteiger partial charge >= 0.3 is 21.6 Å². The highest BCUT2D eigenvalue weighted by atomic mass is 35.5. The summed E-state index contributed by atoms with van der Waals surface area (Å²) in [5, 5.41) is 11.4. The first-order valence-electron chi connectivity index (χ1n) is 26.4. The summed E-state index contributed by atoms with van der Waals surface area (Å²) in [6.07, 6.45) is -2.08. The van der Waals surface area contributed by atoms with Gasteiger partial charge in [0.1, 0.15) is 21.6 Å². The number of benzene rings is 8. The summed E-state index contributed by atoms with van der Waals surface area (Å²) < 4.78 is 78.0. The quantitative estimate of drug-likeness (QED) is 0.0151. The Morgan fingerprint density at radius 1 is 0.631 bits per heavy atom. The van der Waals surface area contributed by atoms with Gasteiger partial charge in [-0.1, -0.05) is 271 Å². The number of carbonyl (C=O) groups is 3. The van der Waals surface area contributed by atoms with Gasteiger partial charge in [-0.2, -0.15) is 21.6 Å². The molecule has 1 fully saturated rings. The van der Waals surface area contributed by atoms with Gasteiger partial charge in [0, 0.05) is 23.1 Å². The molecule has 0 saturated carbocycles. The Hall–Kier alpha value is -9.36. The molecule has 11 rings (SSSR count). The molecule has 2 N–H and O–H groups in total. The van der Waals surface area contributed by atoms with E-state index in [0.717, 1.165) is 32.9 Å². The first-order chi connectivity index (χ1) is 40.7. The minimum Gasteiger partial charge on any atom is -0.448 e. The van der Waals surface area contributed by atoms with Crippen LogP contribution in [0.2, 0.25) is 4.34 Å². The van der Waals surface area contributed by atoms with Crippen molar-refractivity contribution in [2.45, 2.75) is 47.7 Å². The number of oxime groups is 1. The number of β-lactam (4-membered cyclic amide) rings is 1. The van der Waals surface area contributed by atoms with Crippen molar-refractivity contribution in [2.75, 3.05) is 5.32 Å². The van der Waals surface area contributed by atoms with Crippen molar-refractivity contribution in [1.82, 2.24) is 15.2 Å². The van der Waals surface area contributed by atoms with Crippen molar-refractivity contribution in [1.29, 1.82) is 0 Å². The van der Waals surface area contributed by atoms with Crippen molar-refractivity contribution >= 4 is 61.7 Å². The zero-order valence-electron chi connectivity index (χ0n) is 44.2. The van der Waals surface area contributed by atoms with Gasteiger partial charge in [-0.05, 0) is 34.2 Å². The molecular weight excluding hydrogens is 1140 g/mol. The molecule has 1 aromatic heterocycles. The number of amides is 2. The Balaban J connectivity index is 1.01. The van der Waals surface area contributed by atoms with Gasteiger partial charge in [-0.3, -0.25) is 14.5 Å². The van der Waals surface area contributed by atoms with E-state index >= 15 is 4.79 Å². The predicted octanol–water partition coefficient (Wildman–Crippen LogP) is 12.8. The average Bonchev–Trinajstić information content (AvgIpc) is 1.49. The number of alkyl halides is 3. The van der Waals surface area contributed by atoms with E-state index < -0.39 is 86.3 Å². The Morgan fingerprint density at radius 2 is 1.04 bits per heavy atom. The lowest BCUT2D eigenvalue weighted by Gasteiger charge is -2.49. The number of nitrogens with one attached hydrogen (secondary N) is 2. The zero-order chi connectivity index (χ0) is 58.5. The van der Waals surface area contributed by atoms with Crippen LogP contribution in [0.4, 0.5) is 18.3 Å². The third-order valence-electron chi connectivity index (χ3n) is 14.6. The van der Waals surface area contributed by atoms with E-state index in [9.17, 15) is 31.2 Å². The number of nitrogens with zero attached hydrogens (tertiary/aromatic N) is 3.